The molecular weight excluding hydrogens is 497 g/mol. The van der Waals surface area contributed by atoms with Crippen LogP contribution in [0.1, 0.15) is 60.0 Å². The molecule has 1 aliphatic heterocycles. The number of nitrogens with zero attached hydrogens (tertiary/aromatic N) is 1. The van der Waals surface area contributed by atoms with Crippen molar-refractivity contribution in [2.75, 3.05) is 26.8 Å². The maximum atomic E-state index is 13.3. The van der Waals surface area contributed by atoms with Gasteiger partial charge >= 0.3 is 6.18 Å². The van der Waals surface area contributed by atoms with Crippen molar-refractivity contribution in [2.45, 2.75) is 57.2 Å². The zero-order chi connectivity index (χ0) is 26.9. The summed E-state index contributed by atoms with van der Waals surface area (Å²) in [5, 5.41) is 3.11. The number of piperidine rings is 1. The Labute approximate surface area is 220 Å². The highest BCUT2D eigenvalue weighted by atomic mass is 19.4. The Morgan fingerprint density at radius 2 is 1.76 bits per heavy atom. The molecule has 38 heavy (non-hydrogen) atoms. The van der Waals surface area contributed by atoms with E-state index in [2.05, 4.69) is 5.32 Å². The lowest BCUT2D eigenvalue weighted by molar-refractivity contribution is -0.139. The Bertz CT molecular complexity index is 1180. The second-order valence-electron chi connectivity index (χ2n) is 10.9. The monoisotopic (exact) mass is 530 g/mol. The lowest BCUT2D eigenvalue weighted by Crippen LogP contribution is -2.55. The Kier molecular flexibility index (Phi) is 7.29. The molecule has 2 aromatic carbocycles. The molecule has 0 unspecified atom stereocenters. The number of carbonyl (C=O) groups is 2. The summed E-state index contributed by atoms with van der Waals surface area (Å²) < 4.78 is 51.1. The number of hydrogen-bond donors (Lipinski definition) is 1. The van der Waals surface area contributed by atoms with Gasteiger partial charge < -0.3 is 19.7 Å². The van der Waals surface area contributed by atoms with Crippen LogP contribution in [0.25, 0.3) is 0 Å². The number of hydrogen-bond acceptors (Lipinski definition) is 4. The number of halogens is 3. The fourth-order valence-corrected chi connectivity index (χ4v) is 5.64. The summed E-state index contributed by atoms with van der Waals surface area (Å²) in [7, 11) is 1.58. The Balaban J connectivity index is 1.10. The van der Waals surface area contributed by atoms with E-state index in [-0.39, 0.29) is 35.3 Å². The van der Waals surface area contributed by atoms with E-state index in [4.69, 9.17) is 9.47 Å². The largest absolute Gasteiger partial charge is 0.493 e. The number of likely N-dealkylation sites (tertiary alicyclic amines) is 1. The van der Waals surface area contributed by atoms with Crippen LogP contribution in [0.5, 0.6) is 11.5 Å². The van der Waals surface area contributed by atoms with Gasteiger partial charge in [0.25, 0.3) is 5.91 Å². The van der Waals surface area contributed by atoms with E-state index in [9.17, 15) is 22.8 Å². The second-order valence-corrected chi connectivity index (χ2v) is 10.9. The molecule has 0 aromatic heterocycles. The molecule has 2 amide bonds. The van der Waals surface area contributed by atoms with Crippen LogP contribution in [0, 0.1) is 11.3 Å². The molecule has 1 spiro atoms. The van der Waals surface area contributed by atoms with Gasteiger partial charge in [0.05, 0.1) is 25.7 Å². The second kappa shape index (κ2) is 10.5. The van der Waals surface area contributed by atoms with Crippen molar-refractivity contribution in [1.29, 1.82) is 0 Å². The average molecular weight is 531 g/mol. The summed E-state index contributed by atoms with van der Waals surface area (Å²) in [5.41, 5.74) is -0.150. The first-order chi connectivity index (χ1) is 18.2. The number of carbonyl (C=O) groups excluding carboxylic acids is 2. The summed E-state index contributed by atoms with van der Waals surface area (Å²) in [4.78, 5) is 27.3. The number of benzene rings is 2. The quantitative estimate of drug-likeness (QED) is 0.507. The van der Waals surface area contributed by atoms with Crippen LogP contribution in [0.15, 0.2) is 42.5 Å². The van der Waals surface area contributed by atoms with Crippen molar-refractivity contribution in [1.82, 2.24) is 10.2 Å². The molecule has 2 saturated carbocycles. The van der Waals surface area contributed by atoms with E-state index in [0.29, 0.717) is 42.7 Å². The van der Waals surface area contributed by atoms with Crippen LogP contribution in [0.3, 0.4) is 0 Å². The van der Waals surface area contributed by atoms with E-state index in [0.717, 1.165) is 31.7 Å². The van der Waals surface area contributed by atoms with Crippen molar-refractivity contribution in [2.24, 2.45) is 11.3 Å². The van der Waals surface area contributed by atoms with E-state index < -0.39 is 11.7 Å². The zero-order valence-electron chi connectivity index (χ0n) is 21.5. The lowest BCUT2D eigenvalue weighted by atomic mass is 9.60. The first-order valence-electron chi connectivity index (χ1n) is 13.2. The van der Waals surface area contributed by atoms with E-state index in [1.807, 2.05) is 0 Å². The van der Waals surface area contributed by atoms with Crippen LogP contribution in [0.4, 0.5) is 13.2 Å². The Morgan fingerprint density at radius 1 is 1.05 bits per heavy atom. The highest BCUT2D eigenvalue weighted by Gasteiger charge is 2.47. The molecule has 3 fully saturated rings. The van der Waals surface area contributed by atoms with Gasteiger partial charge in [-0.3, -0.25) is 9.59 Å². The number of nitrogens with one attached hydrogen (secondary N) is 1. The van der Waals surface area contributed by atoms with Crippen molar-refractivity contribution in [3.8, 4) is 11.5 Å². The molecule has 1 saturated heterocycles. The highest BCUT2D eigenvalue weighted by Crippen LogP contribution is 2.49. The molecule has 1 heterocycles. The predicted octanol–water partition coefficient (Wildman–Crippen LogP) is 5.25. The molecule has 2 aromatic rings. The first-order valence-corrected chi connectivity index (χ1v) is 13.2. The first kappa shape index (κ1) is 26.4. The Morgan fingerprint density at radius 3 is 2.42 bits per heavy atom. The molecule has 2 aliphatic carbocycles. The van der Waals surface area contributed by atoms with Crippen molar-refractivity contribution in [3.63, 3.8) is 0 Å². The van der Waals surface area contributed by atoms with E-state index in [1.165, 1.54) is 31.0 Å². The molecule has 5 rings (SSSR count). The molecule has 0 radical (unpaired) electrons. The number of alkyl halides is 3. The van der Waals surface area contributed by atoms with E-state index in [1.54, 1.807) is 30.2 Å². The molecule has 6 nitrogen and oxygen atoms in total. The van der Waals surface area contributed by atoms with Crippen molar-refractivity contribution >= 4 is 11.8 Å². The summed E-state index contributed by atoms with van der Waals surface area (Å²) in [5.74, 6) is 1.33. The summed E-state index contributed by atoms with van der Waals surface area (Å²) in [6, 6.07) is 10.5. The van der Waals surface area contributed by atoms with Gasteiger partial charge in [0.2, 0.25) is 5.91 Å². The summed E-state index contributed by atoms with van der Waals surface area (Å²) in [6.45, 7) is 1.67. The topological polar surface area (TPSA) is 67.9 Å². The van der Waals surface area contributed by atoms with Gasteiger partial charge in [0.15, 0.2) is 11.5 Å². The molecule has 1 N–H and O–H groups in total. The number of amides is 2. The molecule has 204 valence electrons. The van der Waals surface area contributed by atoms with E-state index >= 15 is 0 Å². The number of ether oxygens (including phenoxy) is 2. The molecular formula is C29H33F3N2O4. The van der Waals surface area contributed by atoms with Crippen molar-refractivity contribution < 1.29 is 32.2 Å². The minimum absolute atomic E-state index is 0.0105. The highest BCUT2D eigenvalue weighted by molar-refractivity contribution is 5.95. The van der Waals surface area contributed by atoms with Crippen LogP contribution >= 0.6 is 0 Å². The third-order valence-corrected chi connectivity index (χ3v) is 8.13. The lowest BCUT2D eigenvalue weighted by Gasteiger charge is -2.52. The average Bonchev–Trinajstić information content (AvgIpc) is 3.71. The maximum Gasteiger partial charge on any atom is 0.416 e. The maximum absolute atomic E-state index is 13.3. The summed E-state index contributed by atoms with van der Waals surface area (Å²) in [6.07, 6.45) is 0.841. The van der Waals surface area contributed by atoms with Gasteiger partial charge in [-0.25, -0.2) is 0 Å². The van der Waals surface area contributed by atoms with Gasteiger partial charge in [-0.2, -0.15) is 13.2 Å². The van der Waals surface area contributed by atoms with Crippen LogP contribution < -0.4 is 14.8 Å². The molecule has 0 atom stereocenters. The molecule has 3 aliphatic rings. The van der Waals surface area contributed by atoms with Crippen LogP contribution in [-0.4, -0.2) is 49.6 Å². The molecule has 9 heteroatoms. The Hall–Kier alpha value is -3.23. The van der Waals surface area contributed by atoms with Gasteiger partial charge in [-0.15, -0.1) is 0 Å². The predicted molar refractivity (Wildman–Crippen MR) is 135 cm³/mol. The van der Waals surface area contributed by atoms with Gasteiger partial charge in [-0.05, 0) is 79.7 Å². The minimum Gasteiger partial charge on any atom is -0.493 e. The van der Waals surface area contributed by atoms with Crippen LogP contribution in [-0.2, 0) is 17.4 Å². The standard InChI is InChI=1S/C29H33F3N2O4/c1-37-24-9-8-21(14-25(24)38-18-19-6-7-19)27(36)33-22-16-28(17-22)10-12-34(13-11-28)26(35)15-20-4-2-3-5-23(20)29(30,31)32/h2-5,8-9,14,19,22H,6-7,10-13,15-18H2,1H3,(H,33,36). The van der Waals surface area contributed by atoms with Crippen molar-refractivity contribution in [3.05, 3.63) is 59.2 Å². The van der Waals surface area contributed by atoms with Gasteiger partial charge in [0.1, 0.15) is 0 Å². The SMILES string of the molecule is COc1ccc(C(=O)NC2CC3(CCN(C(=O)Cc4ccccc4C(F)(F)F)CC3)C2)cc1OCC1CC1. The van der Waals surface area contributed by atoms with Gasteiger partial charge in [-0.1, -0.05) is 18.2 Å². The number of methoxy groups -OCH3 is 1. The minimum atomic E-state index is -4.48. The summed E-state index contributed by atoms with van der Waals surface area (Å²) >= 11 is 0. The smallest absolute Gasteiger partial charge is 0.416 e. The molecule has 0 bridgehead atoms. The number of rotatable bonds is 8. The third-order valence-electron chi connectivity index (χ3n) is 8.13. The fourth-order valence-electron chi connectivity index (χ4n) is 5.64. The fraction of sp³-hybridized carbons (Fsp3) is 0.517. The third kappa shape index (κ3) is 5.92. The van der Waals surface area contributed by atoms with Crippen LogP contribution in [0.2, 0.25) is 0 Å². The normalized spacial score (nSPS) is 19.1. The zero-order valence-corrected chi connectivity index (χ0v) is 21.5. The van der Waals surface area contributed by atoms with Gasteiger partial charge in [0, 0.05) is 24.7 Å².